The predicted molar refractivity (Wildman–Crippen MR) is 29.6 cm³/mol. The Morgan fingerprint density at radius 2 is 1.83 bits per heavy atom. The maximum absolute atomic E-state index is 5.33. The van der Waals surface area contributed by atoms with Crippen molar-refractivity contribution in [1.29, 1.82) is 0 Å². The van der Waals surface area contributed by atoms with E-state index in [9.17, 15) is 0 Å². The Labute approximate surface area is 47.6 Å². The first-order valence-corrected chi connectivity index (χ1v) is 2.44. The summed E-state index contributed by atoms with van der Waals surface area (Å²) in [5.74, 6) is 0.543. The number of hydrogen-bond acceptors (Lipinski definition) is 0. The smallest absolute Gasteiger partial charge is 0.0443 e. The highest BCUT2D eigenvalue weighted by molar-refractivity contribution is 6.27. The van der Waals surface area contributed by atoms with Gasteiger partial charge < -0.3 is 5.48 Å². The van der Waals surface area contributed by atoms with Gasteiger partial charge >= 0.3 is 0 Å². The van der Waals surface area contributed by atoms with Gasteiger partial charge in [-0.05, 0) is 6.92 Å². The molecule has 0 radical (unpaired) electrons. The molecule has 0 aliphatic heterocycles. The van der Waals surface area contributed by atoms with E-state index in [1.165, 1.54) is 0 Å². The second-order valence-corrected chi connectivity index (χ2v) is 1.99. The van der Waals surface area contributed by atoms with Crippen LogP contribution in [-0.2, 0) is 0 Å². The average Bonchev–Trinajstić information content (AvgIpc) is 1.38. The Morgan fingerprint density at radius 3 is 1.83 bits per heavy atom. The van der Waals surface area contributed by atoms with Gasteiger partial charge in [0.15, 0.2) is 0 Å². The molecule has 0 saturated heterocycles. The zero-order valence-electron chi connectivity index (χ0n) is 3.54. The van der Waals surface area contributed by atoms with E-state index >= 15 is 0 Å². The van der Waals surface area contributed by atoms with Gasteiger partial charge in [-0.1, -0.05) is 0 Å². The molecule has 0 heterocycles. The lowest BCUT2D eigenvalue weighted by atomic mass is 10.6. The van der Waals surface area contributed by atoms with Gasteiger partial charge in [-0.3, -0.25) is 0 Å². The molecule has 3 heteroatoms. The van der Waals surface area contributed by atoms with Gasteiger partial charge in [-0.25, -0.2) is 0 Å². The van der Waals surface area contributed by atoms with E-state index in [0.717, 1.165) is 0 Å². The van der Waals surface area contributed by atoms with E-state index in [-0.39, 0.29) is 10.9 Å². The van der Waals surface area contributed by atoms with Crippen molar-refractivity contribution in [2.24, 2.45) is 0 Å². The standard InChI is InChI=1S/C3H6Cl2.H2O/c1-3(5)2-4;/h3H,2H2,1H3;1H2. The maximum atomic E-state index is 5.33. The van der Waals surface area contributed by atoms with Crippen molar-refractivity contribution in [3.8, 4) is 0 Å². The predicted octanol–water partition coefficient (Wildman–Crippen LogP) is 1.03. The summed E-state index contributed by atoms with van der Waals surface area (Å²) in [6.07, 6.45) is 0. The second kappa shape index (κ2) is 5.54. The molecule has 1 unspecified atom stereocenters. The third-order valence-electron chi connectivity index (χ3n) is 0.213. The molecule has 1 atom stereocenters. The first kappa shape index (κ1) is 9.74. The van der Waals surface area contributed by atoms with Gasteiger partial charge in [0, 0.05) is 11.3 Å². The lowest BCUT2D eigenvalue weighted by molar-refractivity contribution is 0.824. The van der Waals surface area contributed by atoms with Crippen LogP contribution in [0, 0.1) is 0 Å². The number of hydrogen-bond donors (Lipinski definition) is 0. The van der Waals surface area contributed by atoms with Gasteiger partial charge in [-0.2, -0.15) is 0 Å². The Bertz CT molecular complexity index is 22.8. The van der Waals surface area contributed by atoms with Gasteiger partial charge in [-0.15, -0.1) is 23.2 Å². The highest BCUT2D eigenvalue weighted by Gasteiger charge is 1.85. The van der Waals surface area contributed by atoms with Crippen LogP contribution in [0.5, 0.6) is 0 Å². The molecule has 0 aliphatic carbocycles. The fraction of sp³-hybridized carbons (Fsp3) is 1.00. The van der Waals surface area contributed by atoms with E-state index in [1.54, 1.807) is 0 Å². The average molecular weight is 131 g/mol. The fourth-order valence-corrected chi connectivity index (χ4v) is 0. The van der Waals surface area contributed by atoms with E-state index in [2.05, 4.69) is 0 Å². The molecule has 0 bridgehead atoms. The third kappa shape index (κ3) is 8.82. The van der Waals surface area contributed by atoms with Crippen LogP contribution in [0.15, 0.2) is 0 Å². The Kier molecular flexibility index (Phi) is 8.99. The molecular formula is C3H8Cl2O. The quantitative estimate of drug-likeness (QED) is 0.476. The zero-order valence-corrected chi connectivity index (χ0v) is 5.05. The summed E-state index contributed by atoms with van der Waals surface area (Å²) < 4.78 is 0. The van der Waals surface area contributed by atoms with Crippen molar-refractivity contribution in [3.05, 3.63) is 0 Å². The summed E-state index contributed by atoms with van der Waals surface area (Å²) in [6, 6.07) is 0. The van der Waals surface area contributed by atoms with Crippen molar-refractivity contribution >= 4 is 23.2 Å². The lowest BCUT2D eigenvalue weighted by Crippen LogP contribution is -1.87. The minimum absolute atomic E-state index is 0. The lowest BCUT2D eigenvalue weighted by Gasteiger charge is -1.85. The molecular weight excluding hydrogens is 123 g/mol. The van der Waals surface area contributed by atoms with Crippen LogP contribution in [0.2, 0.25) is 0 Å². The van der Waals surface area contributed by atoms with E-state index in [1.807, 2.05) is 6.92 Å². The van der Waals surface area contributed by atoms with Crippen LogP contribution in [0.4, 0.5) is 0 Å². The van der Waals surface area contributed by atoms with E-state index < -0.39 is 0 Å². The third-order valence-corrected chi connectivity index (χ3v) is 0.988. The highest BCUT2D eigenvalue weighted by Crippen LogP contribution is 1.93. The fourth-order valence-electron chi connectivity index (χ4n) is 0. The Morgan fingerprint density at radius 1 is 1.67 bits per heavy atom. The normalized spacial score (nSPS) is 12.5. The molecule has 6 heavy (non-hydrogen) atoms. The minimum Gasteiger partial charge on any atom is -0.412 e. The molecule has 0 aromatic heterocycles. The van der Waals surface area contributed by atoms with Gasteiger partial charge in [0.25, 0.3) is 0 Å². The summed E-state index contributed by atoms with van der Waals surface area (Å²) in [5, 5.41) is 0.122. The minimum atomic E-state index is 0. The molecule has 0 saturated carbocycles. The number of rotatable bonds is 1. The monoisotopic (exact) mass is 130 g/mol. The summed E-state index contributed by atoms with van der Waals surface area (Å²) >= 11 is 10.5. The summed E-state index contributed by atoms with van der Waals surface area (Å²) in [7, 11) is 0. The second-order valence-electron chi connectivity index (χ2n) is 0.935. The number of alkyl halides is 2. The van der Waals surface area contributed by atoms with Crippen LogP contribution in [0.3, 0.4) is 0 Å². The highest BCUT2D eigenvalue weighted by atomic mass is 35.5. The summed E-state index contributed by atoms with van der Waals surface area (Å²) in [5.41, 5.74) is 0. The van der Waals surface area contributed by atoms with Crippen LogP contribution in [-0.4, -0.2) is 16.7 Å². The van der Waals surface area contributed by atoms with Crippen LogP contribution in [0.25, 0.3) is 0 Å². The van der Waals surface area contributed by atoms with Gasteiger partial charge in [0.05, 0.1) is 0 Å². The van der Waals surface area contributed by atoms with Gasteiger partial charge in [0.1, 0.15) is 0 Å². The summed E-state index contributed by atoms with van der Waals surface area (Å²) in [6.45, 7) is 1.86. The van der Waals surface area contributed by atoms with Crippen molar-refractivity contribution in [3.63, 3.8) is 0 Å². The molecule has 0 aromatic carbocycles. The number of halogens is 2. The zero-order chi connectivity index (χ0) is 4.28. The van der Waals surface area contributed by atoms with E-state index in [4.69, 9.17) is 23.2 Å². The van der Waals surface area contributed by atoms with Crippen molar-refractivity contribution < 1.29 is 5.48 Å². The molecule has 0 amide bonds. The van der Waals surface area contributed by atoms with Crippen molar-refractivity contribution in [2.45, 2.75) is 12.3 Å². The largest absolute Gasteiger partial charge is 0.412 e. The van der Waals surface area contributed by atoms with Crippen LogP contribution < -0.4 is 0 Å². The van der Waals surface area contributed by atoms with Crippen molar-refractivity contribution in [1.82, 2.24) is 0 Å². The molecule has 2 N–H and O–H groups in total. The molecule has 0 aliphatic rings. The summed E-state index contributed by atoms with van der Waals surface area (Å²) in [4.78, 5) is 0. The molecule has 0 aromatic rings. The molecule has 40 valence electrons. The maximum Gasteiger partial charge on any atom is 0.0443 e. The SMILES string of the molecule is CC(Cl)CCl.O. The Balaban J connectivity index is 0. The van der Waals surface area contributed by atoms with Gasteiger partial charge in [0.2, 0.25) is 0 Å². The van der Waals surface area contributed by atoms with Crippen LogP contribution in [0.1, 0.15) is 6.92 Å². The molecule has 0 rings (SSSR count). The molecule has 1 nitrogen and oxygen atoms in total. The Hall–Kier alpha value is 0.540. The van der Waals surface area contributed by atoms with Crippen LogP contribution >= 0.6 is 23.2 Å². The first-order valence-electron chi connectivity index (χ1n) is 1.47. The first-order chi connectivity index (χ1) is 2.27. The van der Waals surface area contributed by atoms with Crippen molar-refractivity contribution in [2.75, 3.05) is 5.88 Å². The van der Waals surface area contributed by atoms with E-state index in [0.29, 0.717) is 5.88 Å². The molecule has 0 fully saturated rings. The molecule has 0 spiro atoms. The topological polar surface area (TPSA) is 31.5 Å².